The molecule has 0 fully saturated rings. The summed E-state index contributed by atoms with van der Waals surface area (Å²) in [5.41, 5.74) is 0.516. The summed E-state index contributed by atoms with van der Waals surface area (Å²) in [4.78, 5) is 15.5. The van der Waals surface area contributed by atoms with E-state index in [-0.39, 0.29) is 5.97 Å². The maximum atomic E-state index is 11.4. The monoisotopic (exact) mass is 236 g/mol. The maximum Gasteiger partial charge on any atom is 0.338 e. The molecule has 0 aliphatic carbocycles. The predicted octanol–water partition coefficient (Wildman–Crippen LogP) is 2.71. The second-order valence-electron chi connectivity index (χ2n) is 4.60. The summed E-state index contributed by atoms with van der Waals surface area (Å²) in [6.45, 7) is 6.46. The Bertz CT molecular complexity index is 377. The first kappa shape index (κ1) is 13.5. The number of ether oxygens (including phenoxy) is 1. The zero-order valence-corrected chi connectivity index (χ0v) is 10.9. The third kappa shape index (κ3) is 4.43. The van der Waals surface area contributed by atoms with Crippen molar-refractivity contribution in [3.05, 3.63) is 23.9 Å². The first-order chi connectivity index (χ1) is 8.02. The van der Waals surface area contributed by atoms with E-state index in [1.165, 1.54) is 7.11 Å². The highest BCUT2D eigenvalue weighted by Gasteiger charge is 2.09. The Labute approximate surface area is 102 Å². The molecule has 94 valence electrons. The fourth-order valence-electron chi connectivity index (χ4n) is 1.77. The van der Waals surface area contributed by atoms with Crippen LogP contribution in [-0.4, -0.2) is 24.1 Å². The first-order valence-electron chi connectivity index (χ1n) is 5.83. The van der Waals surface area contributed by atoms with Crippen molar-refractivity contribution in [2.24, 2.45) is 5.92 Å². The van der Waals surface area contributed by atoms with Crippen LogP contribution in [0.1, 0.15) is 37.6 Å². The number of carbonyl (C=O) groups excluding carboxylic acids is 1. The standard InChI is InChI=1S/C13H20N2O2/c1-9(2)7-10(3)15-12-8-11(5-6-14-12)13(16)17-4/h5-6,8-10H,7H2,1-4H3,(H,14,15). The van der Waals surface area contributed by atoms with Crippen molar-refractivity contribution >= 4 is 11.8 Å². The molecule has 0 spiro atoms. The number of anilines is 1. The third-order valence-corrected chi connectivity index (χ3v) is 2.40. The van der Waals surface area contributed by atoms with E-state index in [0.717, 1.165) is 6.42 Å². The van der Waals surface area contributed by atoms with Gasteiger partial charge in [-0.2, -0.15) is 0 Å². The lowest BCUT2D eigenvalue weighted by Crippen LogP contribution is -2.18. The molecule has 0 saturated heterocycles. The lowest BCUT2D eigenvalue weighted by Gasteiger charge is -2.16. The number of hydrogen-bond acceptors (Lipinski definition) is 4. The minimum atomic E-state index is -0.341. The Balaban J connectivity index is 2.68. The van der Waals surface area contributed by atoms with Crippen molar-refractivity contribution in [1.29, 1.82) is 0 Å². The number of rotatable bonds is 5. The molecule has 0 aliphatic heterocycles. The van der Waals surface area contributed by atoms with Gasteiger partial charge in [0.05, 0.1) is 12.7 Å². The average molecular weight is 236 g/mol. The van der Waals surface area contributed by atoms with Crippen LogP contribution < -0.4 is 5.32 Å². The molecule has 0 aromatic carbocycles. The van der Waals surface area contributed by atoms with Gasteiger partial charge in [-0.3, -0.25) is 0 Å². The van der Waals surface area contributed by atoms with Crippen LogP contribution in [0.2, 0.25) is 0 Å². The molecule has 1 atom stereocenters. The van der Waals surface area contributed by atoms with Gasteiger partial charge in [0.25, 0.3) is 0 Å². The van der Waals surface area contributed by atoms with Gasteiger partial charge in [0, 0.05) is 12.2 Å². The smallest absolute Gasteiger partial charge is 0.338 e. The Morgan fingerprint density at radius 1 is 1.47 bits per heavy atom. The van der Waals surface area contributed by atoms with Crippen molar-refractivity contribution in [2.75, 3.05) is 12.4 Å². The maximum absolute atomic E-state index is 11.4. The summed E-state index contributed by atoms with van der Waals surface area (Å²) in [5.74, 6) is 0.995. The molecule has 1 rings (SSSR count). The predicted molar refractivity (Wildman–Crippen MR) is 68.1 cm³/mol. The zero-order chi connectivity index (χ0) is 12.8. The summed E-state index contributed by atoms with van der Waals surface area (Å²) >= 11 is 0. The van der Waals surface area contributed by atoms with E-state index >= 15 is 0 Å². The first-order valence-corrected chi connectivity index (χ1v) is 5.83. The van der Waals surface area contributed by atoms with Crippen LogP contribution in [-0.2, 0) is 4.74 Å². The van der Waals surface area contributed by atoms with Gasteiger partial charge < -0.3 is 10.1 Å². The molecule has 4 nitrogen and oxygen atoms in total. The lowest BCUT2D eigenvalue weighted by molar-refractivity contribution is 0.0600. The SMILES string of the molecule is COC(=O)c1ccnc(NC(C)CC(C)C)c1. The summed E-state index contributed by atoms with van der Waals surface area (Å²) < 4.78 is 4.67. The van der Waals surface area contributed by atoms with E-state index in [9.17, 15) is 4.79 Å². The minimum Gasteiger partial charge on any atom is -0.465 e. The molecule has 0 amide bonds. The summed E-state index contributed by atoms with van der Waals surface area (Å²) in [5, 5.41) is 3.27. The largest absolute Gasteiger partial charge is 0.465 e. The van der Waals surface area contributed by atoms with Crippen LogP contribution in [0.4, 0.5) is 5.82 Å². The van der Waals surface area contributed by atoms with Crippen LogP contribution in [0.25, 0.3) is 0 Å². The fraction of sp³-hybridized carbons (Fsp3) is 0.538. The highest BCUT2D eigenvalue weighted by molar-refractivity contribution is 5.89. The average Bonchev–Trinajstić information content (AvgIpc) is 2.27. The van der Waals surface area contributed by atoms with E-state index in [2.05, 4.69) is 35.8 Å². The topological polar surface area (TPSA) is 51.2 Å². The van der Waals surface area contributed by atoms with Gasteiger partial charge in [-0.05, 0) is 31.4 Å². The molecular weight excluding hydrogens is 216 g/mol. The normalized spacial score (nSPS) is 12.3. The van der Waals surface area contributed by atoms with Crippen LogP contribution in [0, 0.1) is 5.92 Å². The second kappa shape index (κ2) is 6.23. The molecule has 1 aromatic heterocycles. The molecular formula is C13H20N2O2. The molecule has 0 aliphatic rings. The summed E-state index contributed by atoms with van der Waals surface area (Å²) in [6.07, 6.45) is 2.67. The van der Waals surface area contributed by atoms with Gasteiger partial charge in [0.2, 0.25) is 0 Å². The van der Waals surface area contributed by atoms with E-state index in [0.29, 0.717) is 23.3 Å². The van der Waals surface area contributed by atoms with Gasteiger partial charge in [0.1, 0.15) is 5.82 Å². The van der Waals surface area contributed by atoms with Crippen LogP contribution in [0.3, 0.4) is 0 Å². The molecule has 0 bridgehead atoms. The van der Waals surface area contributed by atoms with Gasteiger partial charge in [-0.25, -0.2) is 9.78 Å². The highest BCUT2D eigenvalue weighted by atomic mass is 16.5. The summed E-state index contributed by atoms with van der Waals surface area (Å²) in [7, 11) is 1.37. The van der Waals surface area contributed by atoms with E-state index in [1.54, 1.807) is 18.3 Å². The second-order valence-corrected chi connectivity index (χ2v) is 4.60. The number of pyridine rings is 1. The number of esters is 1. The van der Waals surface area contributed by atoms with Crippen LogP contribution in [0.15, 0.2) is 18.3 Å². The number of nitrogens with one attached hydrogen (secondary N) is 1. The summed E-state index contributed by atoms with van der Waals surface area (Å²) in [6, 6.07) is 3.68. The number of aromatic nitrogens is 1. The molecule has 1 unspecified atom stereocenters. The van der Waals surface area contributed by atoms with Crippen molar-refractivity contribution in [3.8, 4) is 0 Å². The Kier molecular flexibility index (Phi) is 4.94. The zero-order valence-electron chi connectivity index (χ0n) is 10.9. The Hall–Kier alpha value is -1.58. The van der Waals surface area contributed by atoms with Gasteiger partial charge >= 0.3 is 5.97 Å². The third-order valence-electron chi connectivity index (χ3n) is 2.40. The highest BCUT2D eigenvalue weighted by Crippen LogP contribution is 2.12. The molecule has 1 heterocycles. The van der Waals surface area contributed by atoms with Gasteiger partial charge in [-0.15, -0.1) is 0 Å². The van der Waals surface area contributed by atoms with E-state index < -0.39 is 0 Å². The number of carbonyl (C=O) groups is 1. The van der Waals surface area contributed by atoms with Crippen molar-refractivity contribution in [3.63, 3.8) is 0 Å². The van der Waals surface area contributed by atoms with Crippen molar-refractivity contribution < 1.29 is 9.53 Å². The molecule has 17 heavy (non-hydrogen) atoms. The lowest BCUT2D eigenvalue weighted by atomic mass is 10.1. The number of methoxy groups -OCH3 is 1. The van der Waals surface area contributed by atoms with Gasteiger partial charge in [-0.1, -0.05) is 13.8 Å². The fourth-order valence-corrected chi connectivity index (χ4v) is 1.77. The molecule has 0 saturated carbocycles. The Morgan fingerprint density at radius 2 is 2.18 bits per heavy atom. The number of nitrogens with zero attached hydrogens (tertiary/aromatic N) is 1. The van der Waals surface area contributed by atoms with Gasteiger partial charge in [0.15, 0.2) is 0 Å². The Morgan fingerprint density at radius 3 is 2.76 bits per heavy atom. The van der Waals surface area contributed by atoms with Crippen LogP contribution in [0.5, 0.6) is 0 Å². The molecule has 1 aromatic rings. The van der Waals surface area contributed by atoms with Crippen LogP contribution >= 0.6 is 0 Å². The van der Waals surface area contributed by atoms with Crippen molar-refractivity contribution in [2.45, 2.75) is 33.2 Å². The molecule has 4 heteroatoms. The molecule has 1 N–H and O–H groups in total. The molecule has 0 radical (unpaired) electrons. The number of hydrogen-bond donors (Lipinski definition) is 1. The quantitative estimate of drug-likeness (QED) is 0.799. The van der Waals surface area contributed by atoms with E-state index in [1.807, 2.05) is 0 Å². The van der Waals surface area contributed by atoms with E-state index in [4.69, 9.17) is 0 Å². The minimum absolute atomic E-state index is 0.329. The van der Waals surface area contributed by atoms with Crippen molar-refractivity contribution in [1.82, 2.24) is 4.98 Å².